The van der Waals surface area contributed by atoms with Crippen molar-refractivity contribution in [1.29, 1.82) is 0 Å². The average molecular weight is 434 g/mol. The van der Waals surface area contributed by atoms with E-state index in [1.54, 1.807) is 7.11 Å². The quantitative estimate of drug-likeness (QED) is 0.656. The highest BCUT2D eigenvalue weighted by atomic mass is 32.1. The van der Waals surface area contributed by atoms with Gasteiger partial charge in [-0.1, -0.05) is 24.3 Å². The van der Waals surface area contributed by atoms with Crippen LogP contribution in [0.15, 0.2) is 65.6 Å². The van der Waals surface area contributed by atoms with Crippen molar-refractivity contribution in [1.82, 2.24) is 15.2 Å². The number of hydrogen-bond donors (Lipinski definition) is 1. The number of nitrogens with one attached hydrogen (secondary N) is 1. The van der Waals surface area contributed by atoms with Crippen LogP contribution in [0.5, 0.6) is 0 Å². The second kappa shape index (κ2) is 8.54. The summed E-state index contributed by atoms with van der Waals surface area (Å²) in [6.45, 7) is 2.94. The maximum Gasteiger partial charge on any atom is 0.252 e. The number of piperidine rings is 1. The van der Waals surface area contributed by atoms with Crippen LogP contribution in [0.3, 0.4) is 0 Å². The number of fused-ring (bicyclic) bond motifs is 2. The van der Waals surface area contributed by atoms with Crippen LogP contribution in [0, 0.1) is 0 Å². The second-order valence-electron chi connectivity index (χ2n) is 8.49. The van der Waals surface area contributed by atoms with Crippen molar-refractivity contribution < 1.29 is 9.53 Å². The van der Waals surface area contributed by atoms with Gasteiger partial charge < -0.3 is 10.1 Å². The van der Waals surface area contributed by atoms with E-state index in [0.717, 1.165) is 32.5 Å². The molecule has 0 radical (unpaired) electrons. The Bertz CT molecular complexity index is 1030. The van der Waals surface area contributed by atoms with Crippen LogP contribution < -0.4 is 5.32 Å². The molecule has 0 saturated carbocycles. The number of rotatable bonds is 5. The first kappa shape index (κ1) is 20.4. The summed E-state index contributed by atoms with van der Waals surface area (Å²) in [5.74, 6) is -0.0322. The molecule has 3 aromatic rings. The summed E-state index contributed by atoms with van der Waals surface area (Å²) in [6.07, 6.45) is 5.66. The minimum atomic E-state index is -0.139. The number of hydrogen-bond acceptors (Lipinski definition) is 5. The van der Waals surface area contributed by atoms with Gasteiger partial charge in [0.05, 0.1) is 17.7 Å². The topological polar surface area (TPSA) is 54.5 Å². The molecule has 0 bridgehead atoms. The number of thiophene rings is 1. The molecule has 1 aliphatic heterocycles. The first-order chi connectivity index (χ1) is 15.2. The minimum absolute atomic E-state index is 0.0322. The number of benzene rings is 1. The molecule has 2 atom stereocenters. The fourth-order valence-electron chi connectivity index (χ4n) is 5.40. The molecule has 31 heavy (non-hydrogen) atoms. The highest BCUT2D eigenvalue weighted by Crippen LogP contribution is 2.52. The van der Waals surface area contributed by atoms with E-state index in [1.165, 1.54) is 28.0 Å². The van der Waals surface area contributed by atoms with Crippen molar-refractivity contribution >= 4 is 17.2 Å². The number of likely N-dealkylation sites (tertiary alicyclic amines) is 1. The van der Waals surface area contributed by atoms with E-state index in [9.17, 15) is 4.79 Å². The van der Waals surface area contributed by atoms with Crippen LogP contribution in [0.4, 0.5) is 0 Å². The van der Waals surface area contributed by atoms with Gasteiger partial charge in [0.25, 0.3) is 5.91 Å². The molecule has 2 aromatic heterocycles. The Labute approximate surface area is 187 Å². The largest absolute Gasteiger partial charge is 0.378 e. The Hall–Kier alpha value is -2.54. The molecule has 160 valence electrons. The zero-order chi connectivity index (χ0) is 21.3. The normalized spacial score (nSPS) is 22.4. The van der Waals surface area contributed by atoms with E-state index in [4.69, 9.17) is 4.74 Å². The molecule has 2 aliphatic rings. The zero-order valence-electron chi connectivity index (χ0n) is 17.7. The van der Waals surface area contributed by atoms with Crippen LogP contribution in [0.25, 0.3) is 0 Å². The Morgan fingerprint density at radius 3 is 2.68 bits per heavy atom. The summed E-state index contributed by atoms with van der Waals surface area (Å²) in [4.78, 5) is 19.5. The van der Waals surface area contributed by atoms with Gasteiger partial charge in [-0.15, -0.1) is 0 Å². The van der Waals surface area contributed by atoms with Crippen molar-refractivity contribution in [3.63, 3.8) is 0 Å². The molecule has 3 heterocycles. The van der Waals surface area contributed by atoms with Crippen molar-refractivity contribution in [3.8, 4) is 0 Å². The molecule has 1 fully saturated rings. The Morgan fingerprint density at radius 2 is 1.97 bits per heavy atom. The summed E-state index contributed by atoms with van der Waals surface area (Å²) in [5.41, 5.74) is 4.46. The second-order valence-corrected chi connectivity index (χ2v) is 9.27. The van der Waals surface area contributed by atoms with E-state index in [-0.39, 0.29) is 23.5 Å². The maximum atomic E-state index is 12.9. The Kier molecular flexibility index (Phi) is 5.61. The molecule has 5 rings (SSSR count). The third-order valence-corrected chi connectivity index (χ3v) is 7.59. The summed E-state index contributed by atoms with van der Waals surface area (Å²) >= 11 is 1.54. The van der Waals surface area contributed by atoms with Crippen molar-refractivity contribution in [2.75, 3.05) is 20.2 Å². The van der Waals surface area contributed by atoms with Crippen LogP contribution >= 0.6 is 11.3 Å². The van der Waals surface area contributed by atoms with E-state index in [0.29, 0.717) is 5.56 Å². The van der Waals surface area contributed by atoms with Gasteiger partial charge in [-0.05, 0) is 66.2 Å². The van der Waals surface area contributed by atoms with Crippen molar-refractivity contribution in [3.05, 3.63) is 87.9 Å². The molecule has 1 aliphatic carbocycles. The van der Waals surface area contributed by atoms with E-state index in [1.807, 2.05) is 29.2 Å². The number of amides is 1. The summed E-state index contributed by atoms with van der Waals surface area (Å²) in [5, 5.41) is 7.11. The molecule has 1 amide bonds. The van der Waals surface area contributed by atoms with Gasteiger partial charge in [-0.2, -0.15) is 11.3 Å². The SMILES string of the molecule is CO[C@@H]1[C@@H](NC(=O)c2ccsc2)c2ccccc2C12CCN(Cc1ccncc1)CC2. The summed E-state index contributed by atoms with van der Waals surface area (Å²) in [7, 11) is 1.78. The van der Waals surface area contributed by atoms with Gasteiger partial charge >= 0.3 is 0 Å². The lowest BCUT2D eigenvalue weighted by Crippen LogP contribution is -2.50. The lowest BCUT2D eigenvalue weighted by Gasteiger charge is -2.44. The average Bonchev–Trinajstić information content (AvgIpc) is 3.43. The lowest BCUT2D eigenvalue weighted by molar-refractivity contribution is -0.0122. The molecule has 0 unspecified atom stereocenters. The van der Waals surface area contributed by atoms with Gasteiger partial charge in [0, 0.05) is 36.8 Å². The van der Waals surface area contributed by atoms with Crippen LogP contribution in [-0.4, -0.2) is 42.1 Å². The monoisotopic (exact) mass is 433 g/mol. The highest BCUT2D eigenvalue weighted by molar-refractivity contribution is 7.08. The van der Waals surface area contributed by atoms with E-state index >= 15 is 0 Å². The van der Waals surface area contributed by atoms with Gasteiger partial charge in [-0.25, -0.2) is 0 Å². The van der Waals surface area contributed by atoms with Crippen molar-refractivity contribution in [2.24, 2.45) is 0 Å². The minimum Gasteiger partial charge on any atom is -0.378 e. The van der Waals surface area contributed by atoms with Gasteiger partial charge in [0.15, 0.2) is 0 Å². The molecular weight excluding hydrogens is 406 g/mol. The Morgan fingerprint density at radius 1 is 1.19 bits per heavy atom. The third kappa shape index (κ3) is 3.69. The number of carbonyl (C=O) groups is 1. The maximum absolute atomic E-state index is 12.9. The fraction of sp³-hybridized carbons (Fsp3) is 0.360. The molecule has 1 N–H and O–H groups in total. The molecule has 5 nitrogen and oxygen atoms in total. The number of ether oxygens (including phenoxy) is 1. The van der Waals surface area contributed by atoms with Crippen molar-refractivity contribution in [2.45, 2.75) is 36.9 Å². The molecule has 1 aromatic carbocycles. The number of carbonyl (C=O) groups excluding carboxylic acids is 1. The number of nitrogens with zero attached hydrogens (tertiary/aromatic N) is 2. The molecular formula is C25H27N3O2S. The summed E-state index contributed by atoms with van der Waals surface area (Å²) < 4.78 is 6.13. The first-order valence-electron chi connectivity index (χ1n) is 10.8. The number of methoxy groups -OCH3 is 1. The predicted octanol–water partition coefficient (Wildman–Crippen LogP) is 4.18. The van der Waals surface area contributed by atoms with Gasteiger partial charge in [-0.3, -0.25) is 14.7 Å². The van der Waals surface area contributed by atoms with Crippen LogP contribution in [-0.2, 0) is 16.7 Å². The molecule has 1 saturated heterocycles. The van der Waals surface area contributed by atoms with Crippen LogP contribution in [0.2, 0.25) is 0 Å². The van der Waals surface area contributed by atoms with E-state index < -0.39 is 0 Å². The fourth-order valence-corrected chi connectivity index (χ4v) is 6.04. The Balaban J connectivity index is 1.39. The first-order valence-corrected chi connectivity index (χ1v) is 11.7. The number of pyridine rings is 1. The smallest absolute Gasteiger partial charge is 0.252 e. The lowest BCUT2D eigenvalue weighted by atomic mass is 9.72. The standard InChI is InChI=1S/C25H27N3O2S/c1-30-23-22(27-24(29)19-8-15-31-17-19)20-4-2-3-5-21(20)25(23)9-13-28(14-10-25)16-18-6-11-26-12-7-18/h2-8,11-12,15,17,22-23H,9-10,13-14,16H2,1H3,(H,27,29)/t22-,23+/m0/s1. The predicted molar refractivity (Wildman–Crippen MR) is 122 cm³/mol. The van der Waals surface area contributed by atoms with Gasteiger partial charge in [0.1, 0.15) is 0 Å². The highest BCUT2D eigenvalue weighted by Gasteiger charge is 2.53. The molecule has 1 spiro atoms. The zero-order valence-corrected chi connectivity index (χ0v) is 18.5. The van der Waals surface area contributed by atoms with E-state index in [2.05, 4.69) is 51.6 Å². The number of aromatic nitrogens is 1. The molecule has 6 heteroatoms. The third-order valence-electron chi connectivity index (χ3n) is 6.91. The van der Waals surface area contributed by atoms with Crippen LogP contribution in [0.1, 0.15) is 45.9 Å². The summed E-state index contributed by atoms with van der Waals surface area (Å²) in [6, 6.07) is 14.5. The van der Waals surface area contributed by atoms with Gasteiger partial charge in [0.2, 0.25) is 0 Å².